The lowest BCUT2D eigenvalue weighted by Crippen LogP contribution is -2.31. The minimum Gasteiger partial charge on any atom is -0.390 e. The molecule has 0 aliphatic heterocycles. The van der Waals surface area contributed by atoms with Crippen molar-refractivity contribution in [2.24, 2.45) is 11.1 Å². The van der Waals surface area contributed by atoms with E-state index in [-0.39, 0.29) is 13.0 Å². The van der Waals surface area contributed by atoms with E-state index < -0.39 is 34.5 Å². The molecule has 3 aromatic rings. The molecule has 2 heterocycles. The highest BCUT2D eigenvalue weighted by Crippen LogP contribution is 2.37. The van der Waals surface area contributed by atoms with Crippen LogP contribution in [-0.4, -0.2) is 57.0 Å². The monoisotopic (exact) mass is 434 g/mol. The van der Waals surface area contributed by atoms with E-state index in [1.807, 2.05) is 30.3 Å². The SMILES string of the molecule is NS(=O)(=O)OC[C@H]1C[C@@H](n2cnc3c(NCc4ccccc4)ncnc32)[C@H](O)[C@@H]1O. The van der Waals surface area contributed by atoms with Gasteiger partial charge in [0, 0.05) is 12.5 Å². The highest BCUT2D eigenvalue weighted by Gasteiger charge is 2.43. The number of aliphatic hydroxyl groups is 2. The van der Waals surface area contributed by atoms with Crippen LogP contribution in [0.15, 0.2) is 43.0 Å². The molecule has 12 heteroatoms. The van der Waals surface area contributed by atoms with Gasteiger partial charge in [-0.1, -0.05) is 30.3 Å². The van der Waals surface area contributed by atoms with Crippen molar-refractivity contribution in [1.82, 2.24) is 19.5 Å². The summed E-state index contributed by atoms with van der Waals surface area (Å²) in [4.78, 5) is 12.9. The summed E-state index contributed by atoms with van der Waals surface area (Å²) in [5, 5.41) is 28.9. The van der Waals surface area contributed by atoms with E-state index in [1.165, 1.54) is 12.7 Å². The number of nitrogens with one attached hydrogen (secondary N) is 1. The smallest absolute Gasteiger partial charge is 0.333 e. The molecule has 0 amide bonds. The lowest BCUT2D eigenvalue weighted by atomic mass is 10.1. The number of aliphatic hydroxyl groups excluding tert-OH is 2. The number of fused-ring (bicyclic) bond motifs is 1. The molecule has 4 atom stereocenters. The summed E-state index contributed by atoms with van der Waals surface area (Å²) < 4.78 is 28.3. The molecular formula is C18H22N6O5S. The molecule has 1 aromatic carbocycles. The molecule has 5 N–H and O–H groups in total. The standard InChI is InChI=1S/C18H22N6O5S/c19-30(27,28)29-8-12-6-13(16(26)15(12)25)24-10-23-14-17(21-9-22-18(14)24)20-7-11-4-2-1-3-5-11/h1-5,9-10,12-13,15-16,25-26H,6-8H2,(H2,19,27,28)(H,20,21,22)/t12-,13-,15-,16+/m1/s1. The predicted octanol–water partition coefficient (Wildman–Crippen LogP) is -0.0587. The molecule has 0 saturated heterocycles. The largest absolute Gasteiger partial charge is 0.390 e. The normalized spacial score (nSPS) is 24.4. The van der Waals surface area contributed by atoms with Gasteiger partial charge in [-0.05, 0) is 12.0 Å². The van der Waals surface area contributed by atoms with Gasteiger partial charge in [0.25, 0.3) is 0 Å². The number of benzene rings is 1. The number of nitrogens with zero attached hydrogens (tertiary/aromatic N) is 4. The maximum atomic E-state index is 11.0. The van der Waals surface area contributed by atoms with Gasteiger partial charge >= 0.3 is 10.3 Å². The van der Waals surface area contributed by atoms with Crippen LogP contribution < -0.4 is 10.5 Å². The maximum Gasteiger partial charge on any atom is 0.333 e. The molecule has 0 unspecified atom stereocenters. The van der Waals surface area contributed by atoms with E-state index >= 15 is 0 Å². The molecule has 0 radical (unpaired) electrons. The quantitative estimate of drug-likeness (QED) is 0.398. The number of hydrogen-bond acceptors (Lipinski definition) is 9. The third-order valence-corrected chi connectivity index (χ3v) is 5.70. The molecule has 1 fully saturated rings. The number of hydrogen-bond donors (Lipinski definition) is 4. The molecule has 4 rings (SSSR count). The van der Waals surface area contributed by atoms with E-state index in [0.29, 0.717) is 23.5 Å². The zero-order valence-electron chi connectivity index (χ0n) is 15.9. The van der Waals surface area contributed by atoms with Gasteiger partial charge in [0.15, 0.2) is 11.5 Å². The average molecular weight is 434 g/mol. The maximum absolute atomic E-state index is 11.0. The van der Waals surface area contributed by atoms with Gasteiger partial charge in [0.05, 0.1) is 25.1 Å². The predicted molar refractivity (Wildman–Crippen MR) is 107 cm³/mol. The van der Waals surface area contributed by atoms with Crippen LogP contribution in [-0.2, 0) is 21.0 Å². The van der Waals surface area contributed by atoms with Crippen molar-refractivity contribution in [2.45, 2.75) is 31.2 Å². The van der Waals surface area contributed by atoms with Gasteiger partial charge in [0.2, 0.25) is 0 Å². The Hall–Kier alpha value is -2.64. The first-order chi connectivity index (χ1) is 14.3. The third-order valence-electron chi connectivity index (χ3n) is 5.24. The van der Waals surface area contributed by atoms with E-state index in [0.717, 1.165) is 5.56 Å². The van der Waals surface area contributed by atoms with Crippen LogP contribution in [0.1, 0.15) is 18.0 Å². The molecule has 0 spiro atoms. The highest BCUT2D eigenvalue weighted by atomic mass is 32.2. The lowest BCUT2D eigenvalue weighted by Gasteiger charge is -2.18. The molecule has 30 heavy (non-hydrogen) atoms. The van der Waals surface area contributed by atoms with E-state index in [2.05, 4.69) is 24.5 Å². The third kappa shape index (κ3) is 4.27. The first-order valence-corrected chi connectivity index (χ1v) is 10.8. The van der Waals surface area contributed by atoms with Crippen molar-refractivity contribution in [3.63, 3.8) is 0 Å². The number of anilines is 1. The Morgan fingerprint density at radius 3 is 2.67 bits per heavy atom. The molecule has 11 nitrogen and oxygen atoms in total. The molecule has 2 aromatic heterocycles. The Bertz CT molecular complexity index is 1120. The van der Waals surface area contributed by atoms with Crippen molar-refractivity contribution in [1.29, 1.82) is 0 Å². The number of imidazole rings is 1. The summed E-state index contributed by atoms with van der Waals surface area (Å²) in [5.41, 5.74) is 2.10. The topological polar surface area (TPSA) is 165 Å². The van der Waals surface area contributed by atoms with Gasteiger partial charge in [-0.15, -0.1) is 0 Å². The van der Waals surface area contributed by atoms with Crippen LogP contribution in [0.25, 0.3) is 11.2 Å². The molecule has 160 valence electrons. The zero-order valence-corrected chi connectivity index (χ0v) is 16.7. The van der Waals surface area contributed by atoms with Crippen molar-refractivity contribution in [3.8, 4) is 0 Å². The Morgan fingerprint density at radius 1 is 1.17 bits per heavy atom. The van der Waals surface area contributed by atoms with Gasteiger partial charge in [-0.25, -0.2) is 20.1 Å². The van der Waals surface area contributed by atoms with E-state index in [1.54, 1.807) is 4.57 Å². The first kappa shape index (κ1) is 20.6. The van der Waals surface area contributed by atoms with Crippen LogP contribution in [0.2, 0.25) is 0 Å². The van der Waals surface area contributed by atoms with Crippen LogP contribution in [0.3, 0.4) is 0 Å². The number of nitrogens with two attached hydrogens (primary N) is 1. The van der Waals surface area contributed by atoms with Gasteiger partial charge in [-0.3, -0.25) is 4.18 Å². The van der Waals surface area contributed by atoms with E-state index in [4.69, 9.17) is 5.14 Å². The van der Waals surface area contributed by atoms with Crippen LogP contribution >= 0.6 is 0 Å². The van der Waals surface area contributed by atoms with Crippen LogP contribution in [0, 0.1) is 5.92 Å². The first-order valence-electron chi connectivity index (χ1n) is 9.32. The fraction of sp³-hybridized carbons (Fsp3) is 0.389. The molecule has 0 bridgehead atoms. The second-order valence-corrected chi connectivity index (χ2v) is 8.43. The highest BCUT2D eigenvalue weighted by molar-refractivity contribution is 7.84. The Balaban J connectivity index is 1.55. The summed E-state index contributed by atoms with van der Waals surface area (Å²) in [7, 11) is -4.13. The van der Waals surface area contributed by atoms with Crippen molar-refractivity contribution < 1.29 is 22.8 Å². The van der Waals surface area contributed by atoms with Crippen molar-refractivity contribution in [3.05, 3.63) is 48.5 Å². The molecular weight excluding hydrogens is 412 g/mol. The van der Waals surface area contributed by atoms with E-state index in [9.17, 15) is 18.6 Å². The van der Waals surface area contributed by atoms with Gasteiger partial charge in [0.1, 0.15) is 17.9 Å². The Labute approximate surface area is 172 Å². The van der Waals surface area contributed by atoms with Gasteiger partial charge in [-0.2, -0.15) is 8.42 Å². The lowest BCUT2D eigenvalue weighted by molar-refractivity contribution is -0.000990. The summed E-state index contributed by atoms with van der Waals surface area (Å²) in [6.45, 7) is 0.233. The molecule has 1 aliphatic carbocycles. The summed E-state index contributed by atoms with van der Waals surface area (Å²) in [6, 6.07) is 9.26. The Kier molecular flexibility index (Phi) is 5.66. The second-order valence-electron chi connectivity index (χ2n) is 7.21. The van der Waals surface area contributed by atoms with Crippen molar-refractivity contribution >= 4 is 27.3 Å². The number of rotatable bonds is 7. The van der Waals surface area contributed by atoms with Crippen LogP contribution in [0.5, 0.6) is 0 Å². The fourth-order valence-electron chi connectivity index (χ4n) is 3.73. The fourth-order valence-corrected chi connectivity index (χ4v) is 4.09. The zero-order chi connectivity index (χ0) is 21.3. The average Bonchev–Trinajstić information content (AvgIpc) is 3.27. The summed E-state index contributed by atoms with van der Waals surface area (Å²) >= 11 is 0. The van der Waals surface area contributed by atoms with Gasteiger partial charge < -0.3 is 20.1 Å². The van der Waals surface area contributed by atoms with Crippen LogP contribution in [0.4, 0.5) is 5.82 Å². The minimum absolute atomic E-state index is 0.264. The number of aromatic nitrogens is 4. The molecule has 1 aliphatic rings. The Morgan fingerprint density at radius 2 is 1.93 bits per heavy atom. The molecule has 1 saturated carbocycles. The minimum atomic E-state index is -4.13. The summed E-state index contributed by atoms with van der Waals surface area (Å²) in [5.74, 6) is -0.0666. The second kappa shape index (κ2) is 8.24. The summed E-state index contributed by atoms with van der Waals surface area (Å²) in [6.07, 6.45) is 0.864. The van der Waals surface area contributed by atoms with Crippen molar-refractivity contribution in [2.75, 3.05) is 11.9 Å².